The van der Waals surface area contributed by atoms with Crippen molar-refractivity contribution in [1.29, 1.82) is 0 Å². The number of nitrogens with zero attached hydrogens (tertiary/aromatic N) is 1. The number of sulfonamides is 1. The Hall–Kier alpha value is -2.26. The molecule has 28 heavy (non-hydrogen) atoms. The van der Waals surface area contributed by atoms with Crippen LogP contribution in [0.4, 0.5) is 4.39 Å². The highest BCUT2D eigenvalue weighted by molar-refractivity contribution is 7.89. The summed E-state index contributed by atoms with van der Waals surface area (Å²) < 4.78 is 40.4. The first-order chi connectivity index (χ1) is 13.3. The van der Waals surface area contributed by atoms with Gasteiger partial charge in [0.05, 0.1) is 17.6 Å². The molecule has 2 atom stereocenters. The Labute approximate surface area is 163 Å². The number of nitrogens with one attached hydrogen (secondary N) is 1. The van der Waals surface area contributed by atoms with Crippen molar-refractivity contribution >= 4 is 20.9 Å². The van der Waals surface area contributed by atoms with Crippen molar-refractivity contribution in [2.24, 2.45) is 0 Å². The fourth-order valence-corrected chi connectivity index (χ4v) is 4.85. The van der Waals surface area contributed by atoms with Crippen LogP contribution in [-0.2, 0) is 10.0 Å². The lowest BCUT2D eigenvalue weighted by molar-refractivity contribution is 0.105. The molecule has 0 fully saturated rings. The summed E-state index contributed by atoms with van der Waals surface area (Å²) in [6.07, 6.45) is 0.869. The number of fused-ring (bicyclic) bond motifs is 1. The fourth-order valence-electron chi connectivity index (χ4n) is 3.16. The third-order valence-electron chi connectivity index (χ3n) is 4.89. The Kier molecular flexibility index (Phi) is 5.85. The summed E-state index contributed by atoms with van der Waals surface area (Å²) in [5, 5.41) is 19.9. The van der Waals surface area contributed by atoms with Gasteiger partial charge < -0.3 is 15.2 Å². The topological polar surface area (TPSA) is 93.6 Å². The molecule has 3 N–H and O–H groups in total. The number of aromatic nitrogens is 1. The molecule has 0 aliphatic heterocycles. The maximum absolute atomic E-state index is 13.4. The summed E-state index contributed by atoms with van der Waals surface area (Å²) in [5.74, 6) is -0.335. The van der Waals surface area contributed by atoms with Crippen molar-refractivity contribution in [3.8, 4) is 11.1 Å². The van der Waals surface area contributed by atoms with Crippen LogP contribution in [-0.4, -0.2) is 53.2 Å². The van der Waals surface area contributed by atoms with Gasteiger partial charge in [0.25, 0.3) is 0 Å². The van der Waals surface area contributed by atoms with Gasteiger partial charge in [0.15, 0.2) is 0 Å². The van der Waals surface area contributed by atoms with E-state index in [9.17, 15) is 23.0 Å². The van der Waals surface area contributed by atoms with Crippen LogP contribution in [0, 0.1) is 5.82 Å². The van der Waals surface area contributed by atoms with Crippen molar-refractivity contribution in [3.63, 3.8) is 0 Å². The van der Waals surface area contributed by atoms with Gasteiger partial charge in [-0.15, -0.1) is 0 Å². The fraction of sp³-hybridized carbons (Fsp3) is 0.300. The molecular formula is C20H23FN2O4S. The van der Waals surface area contributed by atoms with Gasteiger partial charge in [-0.3, -0.25) is 0 Å². The number of aliphatic hydroxyl groups is 2. The molecule has 0 radical (unpaired) electrons. The van der Waals surface area contributed by atoms with E-state index in [-0.39, 0.29) is 23.9 Å². The largest absolute Gasteiger partial charge is 0.395 e. The van der Waals surface area contributed by atoms with Gasteiger partial charge in [-0.2, -0.15) is 4.31 Å². The van der Waals surface area contributed by atoms with Gasteiger partial charge in [-0.05, 0) is 49.7 Å². The molecule has 3 rings (SSSR count). The second-order valence-electron chi connectivity index (χ2n) is 6.74. The van der Waals surface area contributed by atoms with Crippen LogP contribution < -0.4 is 0 Å². The van der Waals surface area contributed by atoms with E-state index in [2.05, 4.69) is 4.98 Å². The predicted molar refractivity (Wildman–Crippen MR) is 106 cm³/mol. The van der Waals surface area contributed by atoms with Crippen LogP contribution in [0.3, 0.4) is 0 Å². The summed E-state index contributed by atoms with van der Waals surface area (Å²) >= 11 is 0. The second kappa shape index (κ2) is 8.00. The maximum Gasteiger partial charge on any atom is 0.243 e. The van der Waals surface area contributed by atoms with E-state index in [0.29, 0.717) is 5.52 Å². The second-order valence-corrected chi connectivity index (χ2v) is 8.63. The number of rotatable bonds is 7. The van der Waals surface area contributed by atoms with E-state index < -0.39 is 22.2 Å². The zero-order valence-corrected chi connectivity index (χ0v) is 16.4. The Morgan fingerprint density at radius 1 is 1.14 bits per heavy atom. The monoisotopic (exact) mass is 406 g/mol. The van der Waals surface area contributed by atoms with E-state index in [1.54, 1.807) is 31.3 Å². The summed E-state index contributed by atoms with van der Waals surface area (Å²) in [5.41, 5.74) is 2.28. The van der Waals surface area contributed by atoms with E-state index in [0.717, 1.165) is 20.8 Å². The molecule has 6 nitrogen and oxygen atoms in total. The number of halogens is 1. The van der Waals surface area contributed by atoms with Crippen molar-refractivity contribution in [3.05, 3.63) is 54.5 Å². The number of benzene rings is 2. The molecule has 8 heteroatoms. The molecule has 0 aliphatic rings. The molecule has 1 aromatic heterocycles. The zero-order valence-electron chi connectivity index (χ0n) is 15.6. The highest BCUT2D eigenvalue weighted by Crippen LogP contribution is 2.30. The first kappa shape index (κ1) is 20.5. The van der Waals surface area contributed by atoms with E-state index in [1.807, 2.05) is 0 Å². The average molecular weight is 406 g/mol. The van der Waals surface area contributed by atoms with Crippen LogP contribution >= 0.6 is 0 Å². The van der Waals surface area contributed by atoms with E-state index >= 15 is 0 Å². The molecule has 0 saturated heterocycles. The van der Waals surface area contributed by atoms with Gasteiger partial charge in [0.2, 0.25) is 10.0 Å². The van der Waals surface area contributed by atoms with Crippen LogP contribution in [0.15, 0.2) is 53.6 Å². The Bertz CT molecular complexity index is 1060. The quantitative estimate of drug-likeness (QED) is 0.562. The molecule has 2 aromatic carbocycles. The molecule has 2 unspecified atom stereocenters. The maximum atomic E-state index is 13.4. The van der Waals surface area contributed by atoms with Gasteiger partial charge in [0.1, 0.15) is 5.82 Å². The molecule has 150 valence electrons. The Morgan fingerprint density at radius 3 is 2.43 bits per heavy atom. The normalized spacial score (nSPS) is 14.5. The highest BCUT2D eigenvalue weighted by Gasteiger charge is 2.31. The Balaban J connectivity index is 1.96. The number of hydrogen-bond acceptors (Lipinski definition) is 4. The van der Waals surface area contributed by atoms with Crippen LogP contribution in [0.25, 0.3) is 22.0 Å². The lowest BCUT2D eigenvalue weighted by Crippen LogP contribution is -2.45. The van der Waals surface area contributed by atoms with Gasteiger partial charge in [-0.25, -0.2) is 12.8 Å². The zero-order chi connectivity index (χ0) is 20.5. The standard InChI is InChI=1S/C20H23FN2O4S/c1-13(14(2)25)23(9-10-24)28(26,27)17-6-3-15(4-7-17)19-12-22-20-11-16(21)5-8-18(19)20/h3-8,11-14,22,24-25H,9-10H2,1-2H3. The molecule has 0 bridgehead atoms. The summed E-state index contributed by atoms with van der Waals surface area (Å²) in [7, 11) is -3.89. The van der Waals surface area contributed by atoms with Crippen molar-refractivity contribution in [1.82, 2.24) is 9.29 Å². The molecule has 0 spiro atoms. The molecule has 1 heterocycles. The SMILES string of the molecule is CC(O)C(C)N(CCO)S(=O)(=O)c1ccc(-c2c[nH]c3cc(F)ccc23)cc1. The Morgan fingerprint density at radius 2 is 1.82 bits per heavy atom. The molecule has 0 aliphatic carbocycles. The molecule has 0 amide bonds. The minimum Gasteiger partial charge on any atom is -0.395 e. The van der Waals surface area contributed by atoms with Crippen molar-refractivity contribution < 1.29 is 23.0 Å². The first-order valence-electron chi connectivity index (χ1n) is 8.93. The lowest BCUT2D eigenvalue weighted by atomic mass is 10.1. The van der Waals surface area contributed by atoms with E-state index in [1.165, 1.54) is 31.2 Å². The van der Waals surface area contributed by atoms with Gasteiger partial charge in [-0.1, -0.05) is 12.1 Å². The van der Waals surface area contributed by atoms with Crippen LogP contribution in [0.1, 0.15) is 13.8 Å². The number of H-pyrrole nitrogens is 1. The molecular weight excluding hydrogens is 383 g/mol. The first-order valence-corrected chi connectivity index (χ1v) is 10.4. The summed E-state index contributed by atoms with van der Waals surface area (Å²) in [4.78, 5) is 3.08. The number of aromatic amines is 1. The minimum absolute atomic E-state index is 0.0723. The number of hydrogen-bond donors (Lipinski definition) is 3. The number of aliphatic hydroxyl groups excluding tert-OH is 2. The minimum atomic E-state index is -3.89. The summed E-state index contributed by atoms with van der Waals surface area (Å²) in [6.45, 7) is 2.65. The highest BCUT2D eigenvalue weighted by atomic mass is 32.2. The van der Waals surface area contributed by atoms with Crippen molar-refractivity contribution in [2.75, 3.05) is 13.2 Å². The predicted octanol–water partition coefficient (Wildman–Crippen LogP) is 2.73. The smallest absolute Gasteiger partial charge is 0.243 e. The lowest BCUT2D eigenvalue weighted by Gasteiger charge is -2.29. The van der Waals surface area contributed by atoms with Gasteiger partial charge in [0, 0.05) is 35.2 Å². The third kappa shape index (κ3) is 3.81. The molecule has 0 saturated carbocycles. The van der Waals surface area contributed by atoms with Crippen molar-refractivity contribution in [2.45, 2.75) is 30.9 Å². The summed E-state index contributed by atoms with van der Waals surface area (Å²) in [6, 6.07) is 10.1. The van der Waals surface area contributed by atoms with Crippen LogP contribution in [0.2, 0.25) is 0 Å². The third-order valence-corrected chi connectivity index (χ3v) is 6.89. The average Bonchev–Trinajstić information content (AvgIpc) is 3.08. The van der Waals surface area contributed by atoms with E-state index in [4.69, 9.17) is 0 Å². The van der Waals surface area contributed by atoms with Crippen LogP contribution in [0.5, 0.6) is 0 Å². The molecule has 3 aromatic rings. The van der Waals surface area contributed by atoms with Gasteiger partial charge >= 0.3 is 0 Å².